The van der Waals surface area contributed by atoms with Gasteiger partial charge in [-0.3, -0.25) is 0 Å². The van der Waals surface area contributed by atoms with Crippen LogP contribution in [0.25, 0.3) is 0 Å². The fourth-order valence-corrected chi connectivity index (χ4v) is 4.58. The van der Waals surface area contributed by atoms with E-state index in [4.69, 9.17) is 0 Å². The lowest BCUT2D eigenvalue weighted by Crippen LogP contribution is -2.32. The normalized spacial score (nSPS) is 13.9. The third kappa shape index (κ3) is 4.83. The number of hydrogen-bond donors (Lipinski definition) is 1. The van der Waals surface area contributed by atoms with Crippen LogP contribution in [0, 0.1) is 6.92 Å². The van der Waals surface area contributed by atoms with Gasteiger partial charge in [0.25, 0.3) is 0 Å². The average molecular weight is 445 g/mol. The molecule has 0 radical (unpaired) electrons. The molecular weight excluding hydrogens is 424 g/mol. The van der Waals surface area contributed by atoms with Crippen LogP contribution in [0.4, 0.5) is 0 Å². The van der Waals surface area contributed by atoms with Crippen LogP contribution in [0.15, 0.2) is 82.3 Å². The molecule has 140 valence electrons. The summed E-state index contributed by atoms with van der Waals surface area (Å²) in [5, 5.41) is 0. The molecule has 0 aliphatic rings. The first-order valence-corrected chi connectivity index (χ1v) is 10.9. The molecular formula is C21H21BrN2O2S. The zero-order valence-electron chi connectivity index (χ0n) is 15.1. The molecule has 6 heteroatoms. The number of aromatic nitrogens is 1. The molecule has 2 aromatic carbocycles. The van der Waals surface area contributed by atoms with Crippen LogP contribution in [0.5, 0.6) is 0 Å². The summed E-state index contributed by atoms with van der Waals surface area (Å²) in [7, 11) is -3.68. The highest BCUT2D eigenvalue weighted by atomic mass is 79.9. The van der Waals surface area contributed by atoms with Crippen LogP contribution >= 0.6 is 15.9 Å². The van der Waals surface area contributed by atoms with Crippen molar-refractivity contribution >= 4 is 26.0 Å². The van der Waals surface area contributed by atoms with Gasteiger partial charge >= 0.3 is 0 Å². The highest BCUT2D eigenvalue weighted by Crippen LogP contribution is 2.31. The van der Waals surface area contributed by atoms with E-state index in [1.165, 1.54) is 0 Å². The Balaban J connectivity index is 1.99. The monoisotopic (exact) mass is 444 g/mol. The lowest BCUT2D eigenvalue weighted by Gasteiger charge is -2.25. The molecule has 3 rings (SSSR count). The zero-order chi connectivity index (χ0) is 19.4. The first-order valence-electron chi connectivity index (χ1n) is 8.63. The number of rotatable bonds is 6. The molecule has 0 unspecified atom stereocenters. The van der Waals surface area contributed by atoms with Gasteiger partial charge in [-0.15, -0.1) is 0 Å². The van der Waals surface area contributed by atoms with Gasteiger partial charge in [0.1, 0.15) is 4.60 Å². The van der Waals surface area contributed by atoms with Crippen molar-refractivity contribution in [1.82, 2.24) is 9.71 Å². The van der Waals surface area contributed by atoms with Crippen molar-refractivity contribution in [3.05, 3.63) is 94.2 Å². The minimum atomic E-state index is -3.68. The van der Waals surface area contributed by atoms with Crippen molar-refractivity contribution in [2.75, 3.05) is 0 Å². The lowest BCUT2D eigenvalue weighted by atomic mass is 9.92. The number of sulfonamides is 1. The third-order valence-electron chi connectivity index (χ3n) is 4.48. The summed E-state index contributed by atoms with van der Waals surface area (Å²) in [6, 6.07) is 21.6. The molecule has 1 aromatic heterocycles. The summed E-state index contributed by atoms with van der Waals surface area (Å²) in [6.45, 7) is 3.90. The van der Waals surface area contributed by atoms with E-state index in [2.05, 4.69) is 25.6 Å². The Labute approximate surface area is 168 Å². The molecule has 3 aromatic rings. The molecule has 0 aliphatic carbocycles. The number of halogens is 1. The molecule has 27 heavy (non-hydrogen) atoms. The van der Waals surface area contributed by atoms with Gasteiger partial charge in [-0.1, -0.05) is 61.0 Å². The first kappa shape index (κ1) is 19.7. The molecule has 1 heterocycles. The van der Waals surface area contributed by atoms with E-state index in [1.54, 1.807) is 24.3 Å². The summed E-state index contributed by atoms with van der Waals surface area (Å²) in [4.78, 5) is 4.77. The van der Waals surface area contributed by atoms with E-state index >= 15 is 0 Å². The van der Waals surface area contributed by atoms with E-state index < -0.39 is 16.1 Å². The van der Waals surface area contributed by atoms with Gasteiger partial charge in [0.2, 0.25) is 10.0 Å². The van der Waals surface area contributed by atoms with E-state index in [1.807, 2.05) is 62.4 Å². The second kappa shape index (κ2) is 8.33. The van der Waals surface area contributed by atoms with Crippen molar-refractivity contribution in [2.24, 2.45) is 0 Å². The molecule has 0 aliphatic heterocycles. The van der Waals surface area contributed by atoms with E-state index in [9.17, 15) is 8.42 Å². The Bertz CT molecular complexity index is 1010. The van der Waals surface area contributed by atoms with Gasteiger partial charge in [0.15, 0.2) is 0 Å². The molecule has 0 bridgehead atoms. The standard InChI is InChI=1S/C21H21BrN2O2S/c1-15-11-13-18(14-12-15)27(25,26)24-21(17-7-4-3-5-8-17)16(2)19-9-6-10-20(22)23-19/h3-14,16,21,24H,1-2H3/t16-,21+/m0/s1. The number of aryl methyl sites for hydroxylation is 1. The molecule has 1 N–H and O–H groups in total. The molecule has 0 saturated carbocycles. The van der Waals surface area contributed by atoms with Crippen LogP contribution in [0.1, 0.15) is 35.7 Å². The molecule has 0 amide bonds. The Hall–Kier alpha value is -2.02. The maximum Gasteiger partial charge on any atom is 0.241 e. The fourth-order valence-electron chi connectivity index (χ4n) is 2.92. The average Bonchev–Trinajstić information content (AvgIpc) is 2.67. The Morgan fingerprint density at radius 2 is 1.59 bits per heavy atom. The SMILES string of the molecule is Cc1ccc(S(=O)(=O)N[C@@H](c2ccccc2)[C@@H](C)c2cccc(Br)n2)cc1. The van der Waals surface area contributed by atoms with Crippen LogP contribution in [0.2, 0.25) is 0 Å². The van der Waals surface area contributed by atoms with Crippen molar-refractivity contribution in [2.45, 2.75) is 30.7 Å². The van der Waals surface area contributed by atoms with Crippen molar-refractivity contribution < 1.29 is 8.42 Å². The van der Waals surface area contributed by atoms with E-state index in [0.29, 0.717) is 0 Å². The lowest BCUT2D eigenvalue weighted by molar-refractivity contribution is 0.509. The van der Waals surface area contributed by atoms with E-state index in [-0.39, 0.29) is 10.8 Å². The number of hydrogen-bond acceptors (Lipinski definition) is 3. The summed E-state index contributed by atoms with van der Waals surface area (Å²) < 4.78 is 29.6. The third-order valence-corrected chi connectivity index (χ3v) is 6.37. The topological polar surface area (TPSA) is 59.1 Å². The Kier molecular flexibility index (Phi) is 6.09. The summed E-state index contributed by atoms with van der Waals surface area (Å²) >= 11 is 3.39. The highest BCUT2D eigenvalue weighted by Gasteiger charge is 2.27. The molecule has 0 spiro atoms. The maximum absolute atomic E-state index is 13.0. The first-order chi connectivity index (χ1) is 12.9. The smallest absolute Gasteiger partial charge is 0.241 e. The largest absolute Gasteiger partial charge is 0.246 e. The van der Waals surface area contributed by atoms with Crippen LogP contribution in [0.3, 0.4) is 0 Å². The maximum atomic E-state index is 13.0. The molecule has 0 fully saturated rings. The molecule has 2 atom stereocenters. The molecule has 4 nitrogen and oxygen atoms in total. The second-order valence-electron chi connectivity index (χ2n) is 6.50. The number of benzene rings is 2. The predicted molar refractivity (Wildman–Crippen MR) is 111 cm³/mol. The van der Waals surface area contributed by atoms with Crippen LogP contribution in [-0.4, -0.2) is 13.4 Å². The zero-order valence-corrected chi connectivity index (χ0v) is 17.5. The van der Waals surface area contributed by atoms with Gasteiger partial charge < -0.3 is 0 Å². The summed E-state index contributed by atoms with van der Waals surface area (Å²) in [5.41, 5.74) is 2.72. The van der Waals surface area contributed by atoms with Gasteiger partial charge in [-0.25, -0.2) is 18.1 Å². The number of nitrogens with one attached hydrogen (secondary N) is 1. The highest BCUT2D eigenvalue weighted by molar-refractivity contribution is 9.10. The second-order valence-corrected chi connectivity index (χ2v) is 9.02. The molecule has 0 saturated heterocycles. The number of pyridine rings is 1. The fraction of sp³-hybridized carbons (Fsp3) is 0.190. The quantitative estimate of drug-likeness (QED) is 0.545. The van der Waals surface area contributed by atoms with E-state index in [0.717, 1.165) is 21.4 Å². The van der Waals surface area contributed by atoms with Crippen molar-refractivity contribution in [3.63, 3.8) is 0 Å². The van der Waals surface area contributed by atoms with Crippen LogP contribution < -0.4 is 4.72 Å². The minimum absolute atomic E-state index is 0.162. The summed E-state index contributed by atoms with van der Waals surface area (Å²) in [6.07, 6.45) is 0. The Morgan fingerprint density at radius 3 is 2.22 bits per heavy atom. The van der Waals surface area contributed by atoms with Crippen molar-refractivity contribution in [3.8, 4) is 0 Å². The van der Waals surface area contributed by atoms with Gasteiger partial charge in [0, 0.05) is 11.6 Å². The Morgan fingerprint density at radius 1 is 0.926 bits per heavy atom. The predicted octanol–water partition coefficient (Wildman–Crippen LogP) is 4.98. The van der Waals surface area contributed by atoms with Gasteiger partial charge in [0.05, 0.1) is 10.9 Å². The van der Waals surface area contributed by atoms with Crippen LogP contribution in [-0.2, 0) is 10.0 Å². The minimum Gasteiger partial charge on any atom is -0.246 e. The van der Waals surface area contributed by atoms with Gasteiger partial charge in [-0.2, -0.15) is 0 Å². The number of nitrogens with zero attached hydrogens (tertiary/aromatic N) is 1. The van der Waals surface area contributed by atoms with Crippen molar-refractivity contribution in [1.29, 1.82) is 0 Å². The summed E-state index contributed by atoms with van der Waals surface area (Å²) in [5.74, 6) is -0.162. The van der Waals surface area contributed by atoms with Gasteiger partial charge in [-0.05, 0) is 52.7 Å².